The fourth-order valence-corrected chi connectivity index (χ4v) is 1.24. The number of benzene rings is 1. The molecule has 0 nitrogen and oxygen atoms in total. The van der Waals surface area contributed by atoms with Gasteiger partial charge in [-0.25, -0.2) is 4.39 Å². The average Bonchev–Trinajstić information content (AvgIpc) is 2.07. The third-order valence-corrected chi connectivity index (χ3v) is 1.82. The summed E-state index contributed by atoms with van der Waals surface area (Å²) in [5.74, 6) is -1.26. The lowest BCUT2D eigenvalue weighted by molar-refractivity contribution is -0.140. The molecule has 0 atom stereocenters. The maximum Gasteiger partial charge on any atom is 0.419 e. The molecule has 0 aliphatic carbocycles. The Morgan fingerprint density at radius 1 is 1.21 bits per heavy atom. The van der Waals surface area contributed by atoms with E-state index in [1.165, 1.54) is 17.1 Å². The number of rotatable bonds is 1. The highest BCUT2D eigenvalue weighted by molar-refractivity contribution is 9.11. The summed E-state index contributed by atoms with van der Waals surface area (Å²) in [6.07, 6.45) is -3.26. The Hall–Kier alpha value is -0.840. The molecule has 0 N–H and O–H groups in total. The van der Waals surface area contributed by atoms with Gasteiger partial charge in [-0.15, -0.1) is 0 Å². The van der Waals surface area contributed by atoms with Crippen molar-refractivity contribution in [2.45, 2.75) is 6.18 Å². The molecule has 0 radical (unpaired) electrons. The van der Waals surface area contributed by atoms with Crippen LogP contribution in [0.15, 0.2) is 23.2 Å². The standard InChI is InChI=1S/C9H5BrF4/c10-4-3-6-1-2-8(11)7(5-6)9(12,13)14/h1-5H/b4-3+. The normalized spacial score (nSPS) is 12.4. The first-order chi connectivity index (χ1) is 6.45. The Morgan fingerprint density at radius 2 is 1.86 bits per heavy atom. The molecule has 1 rings (SSSR count). The third-order valence-electron chi connectivity index (χ3n) is 1.55. The summed E-state index contributed by atoms with van der Waals surface area (Å²) in [4.78, 5) is 1.40. The lowest BCUT2D eigenvalue weighted by atomic mass is 10.1. The van der Waals surface area contributed by atoms with Crippen molar-refractivity contribution in [3.05, 3.63) is 40.1 Å². The Labute approximate surface area is 86.4 Å². The van der Waals surface area contributed by atoms with E-state index >= 15 is 0 Å². The molecule has 1 aromatic rings. The van der Waals surface area contributed by atoms with Crippen LogP contribution in [0, 0.1) is 5.82 Å². The molecule has 0 unspecified atom stereocenters. The predicted octanol–water partition coefficient (Wildman–Crippen LogP) is 4.21. The maximum absolute atomic E-state index is 12.8. The van der Waals surface area contributed by atoms with Crippen LogP contribution < -0.4 is 0 Å². The Balaban J connectivity index is 3.22. The zero-order valence-corrected chi connectivity index (χ0v) is 8.36. The van der Waals surface area contributed by atoms with Gasteiger partial charge in [-0.1, -0.05) is 22.0 Å². The molecular formula is C9H5BrF4. The van der Waals surface area contributed by atoms with E-state index < -0.39 is 17.6 Å². The molecule has 1 aromatic carbocycles. The predicted molar refractivity (Wildman–Crippen MR) is 49.4 cm³/mol. The van der Waals surface area contributed by atoms with Gasteiger partial charge in [-0.2, -0.15) is 13.2 Å². The molecule has 0 spiro atoms. The first-order valence-corrected chi connectivity index (χ1v) is 4.50. The molecule has 0 heterocycles. The van der Waals surface area contributed by atoms with Gasteiger partial charge in [0.1, 0.15) is 5.82 Å². The SMILES string of the molecule is Fc1ccc(/C=C/Br)cc1C(F)(F)F. The third kappa shape index (κ3) is 2.57. The Bertz CT molecular complexity index is 354. The van der Waals surface area contributed by atoms with Gasteiger partial charge in [-0.3, -0.25) is 0 Å². The van der Waals surface area contributed by atoms with Crippen molar-refractivity contribution in [1.82, 2.24) is 0 Å². The van der Waals surface area contributed by atoms with E-state index in [9.17, 15) is 17.6 Å². The van der Waals surface area contributed by atoms with E-state index in [-0.39, 0.29) is 5.56 Å². The highest BCUT2D eigenvalue weighted by Crippen LogP contribution is 2.32. The van der Waals surface area contributed by atoms with Crippen molar-refractivity contribution in [2.24, 2.45) is 0 Å². The largest absolute Gasteiger partial charge is 0.419 e. The van der Waals surface area contributed by atoms with E-state index in [0.717, 1.165) is 12.1 Å². The second-order valence-electron chi connectivity index (χ2n) is 2.53. The molecule has 14 heavy (non-hydrogen) atoms. The van der Waals surface area contributed by atoms with Crippen LogP contribution in [0.3, 0.4) is 0 Å². The zero-order chi connectivity index (χ0) is 10.8. The Morgan fingerprint density at radius 3 is 2.36 bits per heavy atom. The topological polar surface area (TPSA) is 0 Å². The monoisotopic (exact) mass is 268 g/mol. The highest BCUT2D eigenvalue weighted by atomic mass is 79.9. The lowest BCUT2D eigenvalue weighted by Crippen LogP contribution is -2.08. The minimum absolute atomic E-state index is 0.288. The van der Waals surface area contributed by atoms with Crippen LogP contribution in [0.5, 0.6) is 0 Å². The fraction of sp³-hybridized carbons (Fsp3) is 0.111. The smallest absolute Gasteiger partial charge is 0.206 e. The van der Waals surface area contributed by atoms with E-state index in [1.54, 1.807) is 0 Å². The molecule has 0 aliphatic rings. The summed E-state index contributed by atoms with van der Waals surface area (Å²) < 4.78 is 49.3. The Kier molecular flexibility index (Phi) is 3.31. The molecule has 0 fully saturated rings. The number of hydrogen-bond donors (Lipinski definition) is 0. The van der Waals surface area contributed by atoms with Crippen molar-refractivity contribution in [3.8, 4) is 0 Å². The van der Waals surface area contributed by atoms with Gasteiger partial charge in [0.05, 0.1) is 5.56 Å². The van der Waals surface area contributed by atoms with E-state index in [2.05, 4.69) is 15.9 Å². The summed E-state index contributed by atoms with van der Waals surface area (Å²) in [6.45, 7) is 0. The summed E-state index contributed by atoms with van der Waals surface area (Å²) in [7, 11) is 0. The van der Waals surface area contributed by atoms with Crippen LogP contribution >= 0.6 is 15.9 Å². The van der Waals surface area contributed by atoms with E-state index in [1.807, 2.05) is 0 Å². The van der Waals surface area contributed by atoms with Crippen molar-refractivity contribution in [3.63, 3.8) is 0 Å². The van der Waals surface area contributed by atoms with Gasteiger partial charge in [0.15, 0.2) is 0 Å². The number of alkyl halides is 3. The average molecular weight is 269 g/mol. The maximum atomic E-state index is 12.8. The molecule has 0 aliphatic heterocycles. The first kappa shape index (κ1) is 11.2. The van der Waals surface area contributed by atoms with Crippen LogP contribution in [0.4, 0.5) is 17.6 Å². The molecule has 76 valence electrons. The fourth-order valence-electron chi connectivity index (χ4n) is 0.937. The second-order valence-corrected chi connectivity index (χ2v) is 3.06. The number of halogens is 5. The van der Waals surface area contributed by atoms with E-state index in [0.29, 0.717) is 0 Å². The summed E-state index contributed by atoms with van der Waals surface area (Å²) in [5, 5.41) is 0. The van der Waals surface area contributed by atoms with Gasteiger partial charge in [-0.05, 0) is 28.8 Å². The molecule has 0 amide bonds. The molecule has 0 saturated heterocycles. The van der Waals surface area contributed by atoms with Crippen LogP contribution in [0.2, 0.25) is 0 Å². The molecule has 0 aromatic heterocycles. The highest BCUT2D eigenvalue weighted by Gasteiger charge is 2.33. The molecular weight excluding hydrogens is 264 g/mol. The van der Waals surface area contributed by atoms with Gasteiger partial charge in [0.2, 0.25) is 0 Å². The van der Waals surface area contributed by atoms with Crippen LogP contribution in [0.1, 0.15) is 11.1 Å². The van der Waals surface area contributed by atoms with Gasteiger partial charge >= 0.3 is 6.18 Å². The van der Waals surface area contributed by atoms with Crippen LogP contribution in [-0.2, 0) is 6.18 Å². The first-order valence-electron chi connectivity index (χ1n) is 3.58. The van der Waals surface area contributed by atoms with Crippen LogP contribution in [0.25, 0.3) is 6.08 Å². The second kappa shape index (κ2) is 4.13. The zero-order valence-electron chi connectivity index (χ0n) is 6.78. The lowest BCUT2D eigenvalue weighted by Gasteiger charge is -2.08. The minimum Gasteiger partial charge on any atom is -0.206 e. The molecule has 0 bridgehead atoms. The minimum atomic E-state index is -4.65. The van der Waals surface area contributed by atoms with Gasteiger partial charge in [0, 0.05) is 0 Å². The summed E-state index contributed by atoms with van der Waals surface area (Å²) >= 11 is 2.92. The van der Waals surface area contributed by atoms with Crippen molar-refractivity contribution < 1.29 is 17.6 Å². The van der Waals surface area contributed by atoms with Gasteiger partial charge in [0.25, 0.3) is 0 Å². The van der Waals surface area contributed by atoms with Crippen molar-refractivity contribution >= 4 is 22.0 Å². The van der Waals surface area contributed by atoms with E-state index in [4.69, 9.17) is 0 Å². The summed E-state index contributed by atoms with van der Waals surface area (Å²) in [6, 6.07) is 2.82. The van der Waals surface area contributed by atoms with Crippen molar-refractivity contribution in [2.75, 3.05) is 0 Å². The quantitative estimate of drug-likeness (QED) is 0.670. The van der Waals surface area contributed by atoms with Crippen molar-refractivity contribution in [1.29, 1.82) is 0 Å². The molecule has 0 saturated carbocycles. The molecule has 5 heteroatoms. The van der Waals surface area contributed by atoms with Gasteiger partial charge < -0.3 is 0 Å². The van der Waals surface area contributed by atoms with Crippen LogP contribution in [-0.4, -0.2) is 0 Å². The summed E-state index contributed by atoms with van der Waals surface area (Å²) in [5.41, 5.74) is -0.962. The number of hydrogen-bond acceptors (Lipinski definition) is 0.